The minimum absolute atomic E-state index is 0.344. The summed E-state index contributed by atoms with van der Waals surface area (Å²) in [6.07, 6.45) is -11.9. The van der Waals surface area contributed by atoms with E-state index in [2.05, 4.69) is 4.74 Å². The maximum atomic E-state index is 12.7. The van der Waals surface area contributed by atoms with Gasteiger partial charge in [0.1, 0.15) is 5.60 Å². The van der Waals surface area contributed by atoms with Crippen LogP contribution in [0, 0.1) is 5.92 Å². The highest BCUT2D eigenvalue weighted by Gasteiger charge is 2.46. The lowest BCUT2D eigenvalue weighted by Crippen LogP contribution is -2.36. The van der Waals surface area contributed by atoms with Gasteiger partial charge in [0.2, 0.25) is 0 Å². The second-order valence-electron chi connectivity index (χ2n) is 5.49. The molecular formula is C12H18F6O2. The van der Waals surface area contributed by atoms with Crippen LogP contribution in [0.25, 0.3) is 0 Å². The van der Waals surface area contributed by atoms with Gasteiger partial charge in [-0.05, 0) is 33.6 Å². The van der Waals surface area contributed by atoms with E-state index in [1.54, 1.807) is 0 Å². The SMILES string of the molecule is CC(C)(C)OC(=O)C(CCCCC(F)(F)F)C(F)(F)F. The summed E-state index contributed by atoms with van der Waals surface area (Å²) in [4.78, 5) is 11.4. The van der Waals surface area contributed by atoms with E-state index < -0.39 is 49.1 Å². The largest absolute Gasteiger partial charge is 0.459 e. The zero-order valence-corrected chi connectivity index (χ0v) is 11.5. The molecule has 0 rings (SSSR count). The summed E-state index contributed by atoms with van der Waals surface area (Å²) in [6, 6.07) is 0. The highest BCUT2D eigenvalue weighted by molar-refractivity contribution is 5.73. The Hall–Kier alpha value is -0.950. The Labute approximate surface area is 113 Å². The second kappa shape index (κ2) is 6.67. The summed E-state index contributed by atoms with van der Waals surface area (Å²) in [5.74, 6) is -3.83. The molecule has 0 fully saturated rings. The van der Waals surface area contributed by atoms with Gasteiger partial charge in [-0.3, -0.25) is 4.79 Å². The van der Waals surface area contributed by atoms with Crippen molar-refractivity contribution < 1.29 is 35.9 Å². The lowest BCUT2D eigenvalue weighted by atomic mass is 10.00. The maximum Gasteiger partial charge on any atom is 0.402 e. The van der Waals surface area contributed by atoms with Crippen molar-refractivity contribution in [2.45, 2.75) is 64.4 Å². The van der Waals surface area contributed by atoms with Crippen molar-refractivity contribution in [1.29, 1.82) is 0 Å². The number of alkyl halides is 6. The van der Waals surface area contributed by atoms with Crippen LogP contribution in [0.1, 0.15) is 46.5 Å². The number of halogens is 6. The molecule has 8 heteroatoms. The Kier molecular flexibility index (Phi) is 6.35. The minimum atomic E-state index is -4.82. The van der Waals surface area contributed by atoms with Crippen LogP contribution in [-0.4, -0.2) is 23.9 Å². The van der Waals surface area contributed by atoms with Crippen LogP contribution in [-0.2, 0) is 9.53 Å². The minimum Gasteiger partial charge on any atom is -0.459 e. The third-order valence-electron chi connectivity index (χ3n) is 2.29. The fourth-order valence-electron chi connectivity index (χ4n) is 1.46. The Morgan fingerprint density at radius 3 is 1.85 bits per heavy atom. The third kappa shape index (κ3) is 9.03. The molecule has 0 N–H and O–H groups in total. The summed E-state index contributed by atoms with van der Waals surface area (Å²) < 4.78 is 78.3. The van der Waals surface area contributed by atoms with Crippen LogP contribution in [0.3, 0.4) is 0 Å². The van der Waals surface area contributed by atoms with Gasteiger partial charge in [-0.15, -0.1) is 0 Å². The van der Waals surface area contributed by atoms with Crippen LogP contribution in [0.2, 0.25) is 0 Å². The van der Waals surface area contributed by atoms with Gasteiger partial charge in [-0.25, -0.2) is 0 Å². The fourth-order valence-corrected chi connectivity index (χ4v) is 1.46. The standard InChI is InChI=1S/C12H18F6O2/c1-10(2,3)20-9(19)8(12(16,17)18)6-4-5-7-11(13,14)15/h8H,4-7H2,1-3H3. The first-order valence-corrected chi connectivity index (χ1v) is 6.09. The van der Waals surface area contributed by atoms with Crippen LogP contribution in [0.5, 0.6) is 0 Å². The number of carbonyl (C=O) groups is 1. The van der Waals surface area contributed by atoms with Gasteiger partial charge in [0, 0.05) is 6.42 Å². The second-order valence-corrected chi connectivity index (χ2v) is 5.49. The summed E-state index contributed by atoms with van der Waals surface area (Å²) in [6.45, 7) is 4.26. The van der Waals surface area contributed by atoms with Crippen molar-refractivity contribution in [3.8, 4) is 0 Å². The monoisotopic (exact) mass is 308 g/mol. The zero-order valence-electron chi connectivity index (χ0n) is 11.5. The average Bonchev–Trinajstić information content (AvgIpc) is 2.09. The normalized spacial score (nSPS) is 15.1. The van der Waals surface area contributed by atoms with Crippen LogP contribution in [0.15, 0.2) is 0 Å². The van der Waals surface area contributed by atoms with E-state index in [9.17, 15) is 31.1 Å². The Morgan fingerprint density at radius 1 is 1.00 bits per heavy atom. The van der Waals surface area contributed by atoms with Gasteiger partial charge in [-0.1, -0.05) is 6.42 Å². The highest BCUT2D eigenvalue weighted by Crippen LogP contribution is 2.33. The quantitative estimate of drug-likeness (QED) is 0.420. The van der Waals surface area contributed by atoms with E-state index >= 15 is 0 Å². The molecule has 0 aliphatic heterocycles. The predicted molar refractivity (Wildman–Crippen MR) is 59.9 cm³/mol. The van der Waals surface area contributed by atoms with E-state index in [1.165, 1.54) is 20.8 Å². The molecule has 0 saturated heterocycles. The highest BCUT2D eigenvalue weighted by atomic mass is 19.4. The fraction of sp³-hybridized carbons (Fsp3) is 0.917. The molecule has 0 heterocycles. The molecule has 0 aliphatic carbocycles. The van der Waals surface area contributed by atoms with Gasteiger partial charge in [0.15, 0.2) is 5.92 Å². The van der Waals surface area contributed by atoms with E-state index in [0.29, 0.717) is 0 Å². The smallest absolute Gasteiger partial charge is 0.402 e. The van der Waals surface area contributed by atoms with Crippen molar-refractivity contribution in [2.75, 3.05) is 0 Å². The van der Waals surface area contributed by atoms with Gasteiger partial charge in [-0.2, -0.15) is 26.3 Å². The predicted octanol–water partition coefficient (Wildman–Crippen LogP) is 4.63. The molecule has 2 nitrogen and oxygen atoms in total. The summed E-state index contributed by atoms with van der Waals surface area (Å²) in [5.41, 5.74) is -1.08. The number of hydrogen-bond donors (Lipinski definition) is 0. The lowest BCUT2D eigenvalue weighted by molar-refractivity contribution is -0.205. The van der Waals surface area contributed by atoms with Crippen molar-refractivity contribution in [3.05, 3.63) is 0 Å². The van der Waals surface area contributed by atoms with E-state index in [-0.39, 0.29) is 6.42 Å². The Morgan fingerprint density at radius 2 is 1.50 bits per heavy atom. The number of esters is 1. The molecule has 0 aliphatic rings. The van der Waals surface area contributed by atoms with E-state index in [4.69, 9.17) is 0 Å². The summed E-state index contributed by atoms with van der Waals surface area (Å²) >= 11 is 0. The first kappa shape index (κ1) is 19.1. The van der Waals surface area contributed by atoms with E-state index in [0.717, 1.165) is 0 Å². The number of ether oxygens (including phenoxy) is 1. The van der Waals surface area contributed by atoms with Crippen molar-refractivity contribution in [2.24, 2.45) is 5.92 Å². The topological polar surface area (TPSA) is 26.3 Å². The first-order chi connectivity index (χ1) is 8.72. The Balaban J connectivity index is 4.49. The molecule has 0 aromatic carbocycles. The number of unbranched alkanes of at least 4 members (excludes halogenated alkanes) is 1. The Bertz CT molecular complexity index is 313. The average molecular weight is 308 g/mol. The van der Waals surface area contributed by atoms with Crippen LogP contribution in [0.4, 0.5) is 26.3 Å². The van der Waals surface area contributed by atoms with Crippen molar-refractivity contribution >= 4 is 5.97 Å². The molecule has 0 radical (unpaired) electrons. The third-order valence-corrected chi connectivity index (χ3v) is 2.29. The molecule has 0 aromatic rings. The molecule has 1 atom stereocenters. The molecule has 120 valence electrons. The summed E-state index contributed by atoms with van der Waals surface area (Å²) in [5, 5.41) is 0. The molecule has 0 aromatic heterocycles. The molecule has 0 saturated carbocycles. The number of carbonyl (C=O) groups excluding carboxylic acids is 1. The molecular weight excluding hydrogens is 290 g/mol. The van der Waals surface area contributed by atoms with Crippen molar-refractivity contribution in [3.63, 3.8) is 0 Å². The zero-order chi connectivity index (χ0) is 16.2. The molecule has 1 unspecified atom stereocenters. The molecule has 20 heavy (non-hydrogen) atoms. The van der Waals surface area contributed by atoms with Crippen molar-refractivity contribution in [1.82, 2.24) is 0 Å². The molecule has 0 bridgehead atoms. The van der Waals surface area contributed by atoms with Gasteiger partial charge >= 0.3 is 18.3 Å². The number of hydrogen-bond acceptors (Lipinski definition) is 2. The number of rotatable bonds is 5. The van der Waals surface area contributed by atoms with E-state index in [1.807, 2.05) is 0 Å². The summed E-state index contributed by atoms with van der Waals surface area (Å²) in [7, 11) is 0. The van der Waals surface area contributed by atoms with Crippen LogP contribution >= 0.6 is 0 Å². The first-order valence-electron chi connectivity index (χ1n) is 6.09. The lowest BCUT2D eigenvalue weighted by Gasteiger charge is -2.25. The van der Waals surface area contributed by atoms with Crippen LogP contribution < -0.4 is 0 Å². The molecule has 0 spiro atoms. The van der Waals surface area contributed by atoms with Gasteiger partial charge in [0.05, 0.1) is 0 Å². The molecule has 0 amide bonds. The maximum absolute atomic E-state index is 12.7. The van der Waals surface area contributed by atoms with Gasteiger partial charge in [0.25, 0.3) is 0 Å². The van der Waals surface area contributed by atoms with Gasteiger partial charge < -0.3 is 4.74 Å².